The van der Waals surface area contributed by atoms with E-state index in [0.29, 0.717) is 69.1 Å². The normalized spacial score (nSPS) is 11.4. The van der Waals surface area contributed by atoms with Crippen LogP contribution in [-0.4, -0.2) is 59.3 Å². The Labute approximate surface area is 282 Å². The van der Waals surface area contributed by atoms with Crippen molar-refractivity contribution < 1.29 is 10.2 Å². The molecule has 0 fully saturated rings. The number of fused-ring (bicyclic) bond motifs is 2. The third kappa shape index (κ3) is 5.85. The molecule has 14 nitrogen and oxygen atoms in total. The molecule has 50 heavy (non-hydrogen) atoms. The van der Waals surface area contributed by atoms with Crippen LogP contribution in [0.15, 0.2) is 119 Å². The van der Waals surface area contributed by atoms with Gasteiger partial charge < -0.3 is 10.2 Å². The monoisotopic (exact) mass is 664 g/mol. The zero-order chi connectivity index (χ0) is 34.2. The van der Waals surface area contributed by atoms with Crippen molar-refractivity contribution in [2.24, 2.45) is 0 Å². The lowest BCUT2D eigenvalue weighted by Crippen LogP contribution is -2.24. The second kappa shape index (κ2) is 12.6. The molecule has 0 aliphatic rings. The number of aromatic hydroxyl groups is 2. The van der Waals surface area contributed by atoms with E-state index < -0.39 is 0 Å². The van der Waals surface area contributed by atoms with E-state index in [1.807, 2.05) is 12.1 Å². The summed E-state index contributed by atoms with van der Waals surface area (Å²) in [6, 6.07) is 27.4. The van der Waals surface area contributed by atoms with Crippen LogP contribution in [0.3, 0.4) is 0 Å². The zero-order valence-corrected chi connectivity index (χ0v) is 26.4. The first-order valence-electron chi connectivity index (χ1n) is 15.8. The van der Waals surface area contributed by atoms with E-state index >= 15 is 0 Å². The highest BCUT2D eigenvalue weighted by atomic mass is 16.3. The van der Waals surface area contributed by atoms with E-state index in [2.05, 4.69) is 20.6 Å². The highest BCUT2D eigenvalue weighted by Crippen LogP contribution is 2.23. The number of rotatable bonds is 9. The van der Waals surface area contributed by atoms with Crippen molar-refractivity contribution in [2.45, 2.75) is 26.2 Å². The van der Waals surface area contributed by atoms with Gasteiger partial charge in [-0.25, -0.2) is 9.97 Å². The van der Waals surface area contributed by atoms with Gasteiger partial charge in [-0.3, -0.25) is 28.1 Å². The van der Waals surface area contributed by atoms with Gasteiger partial charge in [-0.2, -0.15) is 0 Å². The predicted octanol–water partition coefficient (Wildman–Crippen LogP) is 3.83. The molecule has 0 bridgehead atoms. The van der Waals surface area contributed by atoms with Gasteiger partial charge >= 0.3 is 0 Å². The summed E-state index contributed by atoms with van der Waals surface area (Å²) in [6.07, 6.45) is 3.54. The van der Waals surface area contributed by atoms with Crippen molar-refractivity contribution in [3.05, 3.63) is 142 Å². The minimum atomic E-state index is -0.211. The van der Waals surface area contributed by atoms with Crippen molar-refractivity contribution in [2.75, 3.05) is 0 Å². The molecule has 2 N–H and O–H groups in total. The third-order valence-corrected chi connectivity index (χ3v) is 8.34. The fourth-order valence-electron chi connectivity index (χ4n) is 5.86. The Morgan fingerprint density at radius 1 is 0.520 bits per heavy atom. The number of benzene rings is 4. The van der Waals surface area contributed by atoms with Gasteiger partial charge in [0.25, 0.3) is 11.1 Å². The number of aryl methyl sites for hydroxylation is 2. The van der Waals surface area contributed by atoms with Crippen molar-refractivity contribution in [1.29, 1.82) is 0 Å². The summed E-state index contributed by atoms with van der Waals surface area (Å²) in [5.74, 6) is 1.13. The molecule has 8 rings (SSSR count). The molecule has 0 amide bonds. The molecule has 0 unspecified atom stereocenters. The number of phenolic OH excluding ortho intramolecular Hbond substituents is 2. The fourth-order valence-corrected chi connectivity index (χ4v) is 5.86. The van der Waals surface area contributed by atoms with Gasteiger partial charge in [-0.05, 0) is 72.8 Å². The summed E-state index contributed by atoms with van der Waals surface area (Å²) in [5.41, 5.74) is 3.21. The Hall–Kier alpha value is -6.96. The van der Waals surface area contributed by atoms with Crippen molar-refractivity contribution in [3.8, 4) is 34.3 Å². The number of nitrogens with zero attached hydrogens (tertiary/aromatic N) is 10. The van der Waals surface area contributed by atoms with Crippen LogP contribution in [0.1, 0.15) is 11.4 Å². The molecule has 4 heterocycles. The molecule has 0 aliphatic carbocycles. The molecule has 0 atom stereocenters. The van der Waals surface area contributed by atoms with Crippen molar-refractivity contribution in [1.82, 2.24) is 49.1 Å². The largest absolute Gasteiger partial charge is 0.508 e. The van der Waals surface area contributed by atoms with Crippen LogP contribution in [0.25, 0.3) is 44.6 Å². The summed E-state index contributed by atoms with van der Waals surface area (Å²) in [4.78, 5) is 36.8. The van der Waals surface area contributed by atoms with E-state index in [1.165, 1.54) is 0 Å². The highest BCUT2D eigenvalue weighted by molar-refractivity contribution is 5.80. The molecule has 0 spiro atoms. The molecule has 14 heteroatoms. The maximum Gasteiger partial charge on any atom is 0.262 e. The summed E-state index contributed by atoms with van der Waals surface area (Å²) in [7, 11) is 0. The molecule has 4 aromatic carbocycles. The number of hydrogen-bond acceptors (Lipinski definition) is 10. The quantitative estimate of drug-likeness (QED) is 0.231. The molecule has 0 radical (unpaired) electrons. The Morgan fingerprint density at radius 3 is 1.34 bits per heavy atom. The summed E-state index contributed by atoms with van der Waals surface area (Å²) in [6.45, 7) is 1.11. The SMILES string of the molecule is O=c1c2ccccc2nc(-c2ccc(O)cc2)n1Cc1cn(CCn2cc(Cn3c(-c4ccc(O)cc4)nc4ccccc4c3=O)nn2)nn1. The van der Waals surface area contributed by atoms with E-state index in [1.54, 1.807) is 116 Å². The average molecular weight is 665 g/mol. The van der Waals surface area contributed by atoms with Crippen LogP contribution in [0, 0.1) is 0 Å². The molecule has 246 valence electrons. The second-order valence-electron chi connectivity index (χ2n) is 11.7. The average Bonchev–Trinajstić information content (AvgIpc) is 3.79. The Morgan fingerprint density at radius 2 is 0.920 bits per heavy atom. The second-order valence-corrected chi connectivity index (χ2v) is 11.7. The summed E-state index contributed by atoms with van der Waals surface area (Å²) >= 11 is 0. The predicted molar refractivity (Wildman–Crippen MR) is 184 cm³/mol. The fraction of sp³-hybridized carbons (Fsp3) is 0.111. The lowest BCUT2D eigenvalue weighted by atomic mass is 10.1. The van der Waals surface area contributed by atoms with E-state index in [9.17, 15) is 19.8 Å². The third-order valence-electron chi connectivity index (χ3n) is 8.34. The maximum absolute atomic E-state index is 13.6. The first-order valence-corrected chi connectivity index (χ1v) is 15.8. The number of para-hydroxylation sites is 2. The highest BCUT2D eigenvalue weighted by Gasteiger charge is 2.17. The molecule has 4 aromatic heterocycles. The number of aromatic nitrogens is 10. The van der Waals surface area contributed by atoms with Crippen molar-refractivity contribution in [3.63, 3.8) is 0 Å². The lowest BCUT2D eigenvalue weighted by molar-refractivity contribution is 0.475. The zero-order valence-electron chi connectivity index (χ0n) is 26.4. The van der Waals surface area contributed by atoms with Crippen LogP contribution < -0.4 is 11.1 Å². The van der Waals surface area contributed by atoms with Crippen LogP contribution in [0.5, 0.6) is 11.5 Å². The molecule has 0 aliphatic heterocycles. The minimum absolute atomic E-state index is 0.115. The molecule has 0 saturated carbocycles. The summed E-state index contributed by atoms with van der Waals surface area (Å²) in [5, 5.41) is 37.7. The maximum atomic E-state index is 13.6. The van der Waals surface area contributed by atoms with E-state index in [0.717, 1.165) is 0 Å². The van der Waals surface area contributed by atoms with Crippen LogP contribution in [0.2, 0.25) is 0 Å². The van der Waals surface area contributed by atoms with E-state index in [4.69, 9.17) is 9.97 Å². The van der Waals surface area contributed by atoms with Gasteiger partial charge in [0.15, 0.2) is 0 Å². The van der Waals surface area contributed by atoms with Crippen LogP contribution in [0.4, 0.5) is 0 Å². The van der Waals surface area contributed by atoms with Gasteiger partial charge in [0, 0.05) is 11.1 Å². The van der Waals surface area contributed by atoms with Gasteiger partial charge in [0.05, 0.1) is 60.4 Å². The van der Waals surface area contributed by atoms with Crippen LogP contribution in [-0.2, 0) is 26.2 Å². The Bertz CT molecular complexity index is 2440. The van der Waals surface area contributed by atoms with Gasteiger partial charge in [0.1, 0.15) is 34.5 Å². The van der Waals surface area contributed by atoms with Crippen molar-refractivity contribution >= 4 is 21.8 Å². The Balaban J connectivity index is 1.02. The smallest absolute Gasteiger partial charge is 0.262 e. The number of phenols is 2. The first-order chi connectivity index (χ1) is 24.4. The molecular formula is C36H28N10O4. The van der Waals surface area contributed by atoms with Gasteiger partial charge in [-0.1, -0.05) is 34.7 Å². The number of hydrogen-bond donors (Lipinski definition) is 2. The lowest BCUT2D eigenvalue weighted by Gasteiger charge is -2.13. The molecular weight excluding hydrogens is 636 g/mol. The van der Waals surface area contributed by atoms with Gasteiger partial charge in [0.2, 0.25) is 0 Å². The minimum Gasteiger partial charge on any atom is -0.508 e. The molecule has 0 saturated heterocycles. The van der Waals surface area contributed by atoms with E-state index in [-0.39, 0.29) is 35.7 Å². The Kier molecular flexibility index (Phi) is 7.64. The standard InChI is InChI=1S/C36H28N10O4/c47-27-13-9-23(10-14-27)33-37-31-7-3-1-5-29(31)35(49)45(33)21-25-19-43(41-39-25)17-18-44-20-26(40-42-44)22-46-34(24-11-15-28(48)16-12-24)38-32-8-4-2-6-30(32)36(46)50/h1-16,19-20,47-48H,17-18,21-22H2. The topological polar surface area (TPSA) is 172 Å². The first kappa shape index (κ1) is 30.4. The van der Waals surface area contributed by atoms with Gasteiger partial charge in [-0.15, -0.1) is 10.2 Å². The van der Waals surface area contributed by atoms with Crippen LogP contribution >= 0.6 is 0 Å². The summed E-state index contributed by atoms with van der Waals surface area (Å²) < 4.78 is 6.44. The molecule has 8 aromatic rings.